The fourth-order valence-electron chi connectivity index (χ4n) is 2.41. The van der Waals surface area contributed by atoms with Gasteiger partial charge >= 0.3 is 0 Å². The molecule has 0 atom stereocenters. The molecule has 0 amide bonds. The molecule has 0 radical (unpaired) electrons. The van der Waals surface area contributed by atoms with E-state index in [2.05, 4.69) is 41.3 Å². The standard InChI is InChI=1S/C19H20FNOS/c1-21(2)16-7-4-14(5-8-16)18-12-15-6-9-17(13-19(15)23-18)22-11-3-10-20/h4-9,12-13H,3,10-11H2,1-2H3. The van der Waals surface area contributed by atoms with Gasteiger partial charge in [0.05, 0.1) is 13.3 Å². The number of alkyl halides is 1. The van der Waals surface area contributed by atoms with Gasteiger partial charge in [-0.25, -0.2) is 0 Å². The largest absolute Gasteiger partial charge is 0.493 e. The maximum atomic E-state index is 12.1. The van der Waals surface area contributed by atoms with E-state index >= 15 is 0 Å². The van der Waals surface area contributed by atoms with Crippen LogP contribution in [0.3, 0.4) is 0 Å². The Morgan fingerprint density at radius 1 is 1.04 bits per heavy atom. The highest BCUT2D eigenvalue weighted by atomic mass is 32.1. The molecule has 0 aliphatic heterocycles. The number of anilines is 1. The van der Waals surface area contributed by atoms with Crippen molar-refractivity contribution in [3.63, 3.8) is 0 Å². The van der Waals surface area contributed by atoms with E-state index in [1.54, 1.807) is 11.3 Å². The third-order valence-electron chi connectivity index (χ3n) is 3.71. The monoisotopic (exact) mass is 329 g/mol. The minimum atomic E-state index is -0.339. The van der Waals surface area contributed by atoms with E-state index in [1.807, 2.05) is 26.2 Å². The first kappa shape index (κ1) is 15.8. The lowest BCUT2D eigenvalue weighted by atomic mass is 10.1. The summed E-state index contributed by atoms with van der Waals surface area (Å²) < 4.78 is 18.9. The molecule has 0 aliphatic rings. The maximum absolute atomic E-state index is 12.1. The van der Waals surface area contributed by atoms with Gasteiger partial charge in [0, 0.05) is 35.8 Å². The predicted molar refractivity (Wildman–Crippen MR) is 97.7 cm³/mol. The van der Waals surface area contributed by atoms with Crippen LogP contribution in [0.4, 0.5) is 10.1 Å². The molecule has 1 aromatic heterocycles. The number of hydrogen-bond acceptors (Lipinski definition) is 3. The number of ether oxygens (including phenoxy) is 1. The normalized spacial score (nSPS) is 10.9. The Labute approximate surface area is 140 Å². The van der Waals surface area contributed by atoms with Crippen LogP contribution in [0.1, 0.15) is 6.42 Å². The lowest BCUT2D eigenvalue weighted by Crippen LogP contribution is -2.07. The summed E-state index contributed by atoms with van der Waals surface area (Å²) in [6.45, 7) is 0.0839. The molecule has 0 saturated heterocycles. The second-order valence-electron chi connectivity index (χ2n) is 5.64. The van der Waals surface area contributed by atoms with E-state index < -0.39 is 0 Å². The second kappa shape index (κ2) is 7.01. The van der Waals surface area contributed by atoms with E-state index in [0.29, 0.717) is 13.0 Å². The molecule has 0 aliphatic carbocycles. The number of halogens is 1. The summed E-state index contributed by atoms with van der Waals surface area (Å²) >= 11 is 1.75. The van der Waals surface area contributed by atoms with E-state index in [-0.39, 0.29) is 6.67 Å². The zero-order valence-corrected chi connectivity index (χ0v) is 14.2. The lowest BCUT2D eigenvalue weighted by molar-refractivity contribution is 0.290. The van der Waals surface area contributed by atoms with Crippen molar-refractivity contribution >= 4 is 27.1 Å². The zero-order chi connectivity index (χ0) is 16.2. The third kappa shape index (κ3) is 3.64. The van der Waals surface area contributed by atoms with Crippen LogP contribution >= 0.6 is 11.3 Å². The van der Waals surface area contributed by atoms with Crippen molar-refractivity contribution in [3.05, 3.63) is 48.5 Å². The second-order valence-corrected chi connectivity index (χ2v) is 6.73. The molecular formula is C19H20FNOS. The van der Waals surface area contributed by atoms with E-state index in [9.17, 15) is 4.39 Å². The molecule has 4 heteroatoms. The molecule has 0 unspecified atom stereocenters. The first-order chi connectivity index (χ1) is 11.2. The number of nitrogens with zero attached hydrogens (tertiary/aromatic N) is 1. The highest BCUT2D eigenvalue weighted by molar-refractivity contribution is 7.22. The quantitative estimate of drug-likeness (QED) is 0.564. The lowest BCUT2D eigenvalue weighted by Gasteiger charge is -2.12. The topological polar surface area (TPSA) is 12.5 Å². The Kier molecular flexibility index (Phi) is 4.82. The molecule has 0 N–H and O–H groups in total. The maximum Gasteiger partial charge on any atom is 0.120 e. The number of rotatable bonds is 6. The predicted octanol–water partition coefficient (Wildman–Crippen LogP) is 5.37. The van der Waals surface area contributed by atoms with Gasteiger partial charge in [0.25, 0.3) is 0 Å². The molecule has 120 valence electrons. The summed E-state index contributed by atoms with van der Waals surface area (Å²) in [5, 5.41) is 1.21. The molecule has 0 fully saturated rings. The Balaban J connectivity index is 1.84. The highest BCUT2D eigenvalue weighted by Gasteiger charge is 2.06. The summed E-state index contributed by atoms with van der Waals surface area (Å²) in [4.78, 5) is 3.33. The molecular weight excluding hydrogens is 309 g/mol. The minimum absolute atomic E-state index is 0.339. The Hall–Kier alpha value is -2.07. The van der Waals surface area contributed by atoms with Crippen LogP contribution in [0.2, 0.25) is 0 Å². The average Bonchev–Trinajstić information content (AvgIpc) is 2.98. The summed E-state index contributed by atoms with van der Waals surface area (Å²) in [5.41, 5.74) is 2.41. The molecule has 3 aromatic rings. The van der Waals surface area contributed by atoms with Gasteiger partial charge in [-0.15, -0.1) is 11.3 Å². The first-order valence-corrected chi connectivity index (χ1v) is 8.49. The van der Waals surface area contributed by atoms with Gasteiger partial charge in [-0.05, 0) is 47.3 Å². The average molecular weight is 329 g/mol. The van der Waals surface area contributed by atoms with Crippen LogP contribution in [0.25, 0.3) is 20.5 Å². The third-order valence-corrected chi connectivity index (χ3v) is 4.85. The number of benzene rings is 2. The van der Waals surface area contributed by atoms with Crippen molar-refractivity contribution in [1.29, 1.82) is 0 Å². The molecule has 3 rings (SSSR count). The van der Waals surface area contributed by atoms with Crippen LogP contribution in [0, 0.1) is 0 Å². The summed E-state index contributed by atoms with van der Waals surface area (Å²) in [7, 11) is 4.08. The van der Waals surface area contributed by atoms with Gasteiger partial charge < -0.3 is 9.64 Å². The molecule has 2 aromatic carbocycles. The van der Waals surface area contributed by atoms with Crippen molar-refractivity contribution in [2.75, 3.05) is 32.3 Å². The summed E-state index contributed by atoms with van der Waals surface area (Å²) in [5.74, 6) is 0.808. The summed E-state index contributed by atoms with van der Waals surface area (Å²) in [6, 6.07) is 16.8. The molecule has 2 nitrogen and oxygen atoms in total. The van der Waals surface area contributed by atoms with Crippen LogP contribution in [-0.4, -0.2) is 27.4 Å². The minimum Gasteiger partial charge on any atom is -0.493 e. The van der Waals surface area contributed by atoms with E-state index in [4.69, 9.17) is 4.74 Å². The molecule has 1 heterocycles. The fourth-order valence-corrected chi connectivity index (χ4v) is 3.51. The van der Waals surface area contributed by atoms with Gasteiger partial charge in [0.2, 0.25) is 0 Å². The van der Waals surface area contributed by atoms with Crippen molar-refractivity contribution in [2.45, 2.75) is 6.42 Å². The number of thiophene rings is 1. The Bertz CT molecular complexity index is 780. The zero-order valence-electron chi connectivity index (χ0n) is 13.4. The van der Waals surface area contributed by atoms with Crippen LogP contribution < -0.4 is 9.64 Å². The Morgan fingerprint density at radius 3 is 2.52 bits per heavy atom. The van der Waals surface area contributed by atoms with Gasteiger partial charge in [0.1, 0.15) is 5.75 Å². The Morgan fingerprint density at radius 2 is 1.83 bits per heavy atom. The van der Waals surface area contributed by atoms with Crippen molar-refractivity contribution in [1.82, 2.24) is 0 Å². The van der Waals surface area contributed by atoms with Gasteiger partial charge in [-0.1, -0.05) is 12.1 Å². The van der Waals surface area contributed by atoms with Crippen LogP contribution in [-0.2, 0) is 0 Å². The van der Waals surface area contributed by atoms with Crippen molar-refractivity contribution < 1.29 is 9.13 Å². The molecule has 0 bridgehead atoms. The first-order valence-electron chi connectivity index (χ1n) is 7.67. The van der Waals surface area contributed by atoms with Gasteiger partial charge in [0.15, 0.2) is 0 Å². The van der Waals surface area contributed by atoms with Crippen molar-refractivity contribution in [2.24, 2.45) is 0 Å². The highest BCUT2D eigenvalue weighted by Crippen LogP contribution is 2.35. The number of hydrogen-bond donors (Lipinski definition) is 0. The SMILES string of the molecule is CN(C)c1ccc(-c2cc3ccc(OCCCF)cc3s2)cc1. The van der Waals surface area contributed by atoms with E-state index in [1.165, 1.54) is 26.2 Å². The molecule has 23 heavy (non-hydrogen) atoms. The van der Waals surface area contributed by atoms with Crippen molar-refractivity contribution in [3.8, 4) is 16.2 Å². The number of fused-ring (bicyclic) bond motifs is 1. The van der Waals surface area contributed by atoms with Gasteiger partial charge in [-0.2, -0.15) is 0 Å². The molecule has 0 spiro atoms. The van der Waals surface area contributed by atoms with Crippen LogP contribution in [0.15, 0.2) is 48.5 Å². The molecule has 0 saturated carbocycles. The van der Waals surface area contributed by atoms with E-state index in [0.717, 1.165) is 5.75 Å². The van der Waals surface area contributed by atoms with Crippen LogP contribution in [0.5, 0.6) is 5.75 Å². The summed E-state index contributed by atoms with van der Waals surface area (Å²) in [6.07, 6.45) is 0.436. The smallest absolute Gasteiger partial charge is 0.120 e. The van der Waals surface area contributed by atoms with Gasteiger partial charge in [-0.3, -0.25) is 4.39 Å². The fraction of sp³-hybridized carbons (Fsp3) is 0.263.